The summed E-state index contributed by atoms with van der Waals surface area (Å²) in [6, 6.07) is 2.16. The molecule has 45 heavy (non-hydrogen) atoms. The number of amidine groups is 1. The number of nitrogen functional groups attached to an aromatic ring is 1. The predicted octanol–water partition coefficient (Wildman–Crippen LogP) is 6.62. The highest BCUT2D eigenvalue weighted by Crippen LogP contribution is 2.41. The van der Waals surface area contributed by atoms with Crippen LogP contribution in [0.15, 0.2) is 11.2 Å². The summed E-state index contributed by atoms with van der Waals surface area (Å²) < 4.78 is 25.8. The number of nitriles is 1. The number of pyridine rings is 1. The van der Waals surface area contributed by atoms with Gasteiger partial charge in [-0.25, -0.2) is 9.38 Å². The molecule has 0 bridgehead atoms. The van der Waals surface area contributed by atoms with Crippen molar-refractivity contribution in [1.82, 2.24) is 9.88 Å². The maximum Gasteiger partial charge on any atom is 0.159 e. The zero-order valence-electron chi connectivity index (χ0n) is 28.1. The first-order valence-electron chi connectivity index (χ1n) is 15.9. The van der Waals surface area contributed by atoms with Crippen molar-refractivity contribution in [1.29, 1.82) is 5.26 Å². The SMILES string of the molecule is CC.CC(=N/C=c1/c2c(c(-c3ncc(F)c4sc(N)c(C#N)c34)c(P)c1=C(C)C)COC2)N1CCC(C)C1.CCCCCOC. The Kier molecular flexibility index (Phi) is 13.9. The quantitative estimate of drug-likeness (QED) is 0.139. The number of rotatable bonds is 6. The van der Waals surface area contributed by atoms with Crippen LogP contribution in [0.25, 0.3) is 33.1 Å². The number of unbranched alkanes of at least 4 members (excludes halogenated alkanes) is 2. The first-order valence-corrected chi connectivity index (χ1v) is 17.3. The van der Waals surface area contributed by atoms with Gasteiger partial charge < -0.3 is 20.1 Å². The Hall–Kier alpha value is -2.89. The third-order valence-electron chi connectivity index (χ3n) is 8.05. The Morgan fingerprint density at radius 2 is 2.00 bits per heavy atom. The van der Waals surface area contributed by atoms with Crippen molar-refractivity contribution in [3.05, 3.63) is 39.1 Å². The summed E-state index contributed by atoms with van der Waals surface area (Å²) in [5.74, 6) is 1.21. The molecule has 2 aromatic heterocycles. The van der Waals surface area contributed by atoms with Crippen LogP contribution in [0.2, 0.25) is 0 Å². The summed E-state index contributed by atoms with van der Waals surface area (Å²) >= 11 is 1.08. The van der Waals surface area contributed by atoms with Crippen LogP contribution in [0, 0.1) is 23.1 Å². The molecule has 2 unspecified atom stereocenters. The molecule has 1 fully saturated rings. The van der Waals surface area contributed by atoms with Crippen LogP contribution >= 0.6 is 20.6 Å². The average molecular weight is 654 g/mol. The number of methoxy groups -OCH3 is 1. The number of hydrogen-bond donors (Lipinski definition) is 1. The highest BCUT2D eigenvalue weighted by molar-refractivity contribution is 7.28. The number of aromatic nitrogens is 1. The molecule has 7 nitrogen and oxygen atoms in total. The number of nitrogens with zero attached hydrogens (tertiary/aromatic N) is 4. The van der Waals surface area contributed by atoms with Crippen molar-refractivity contribution < 1.29 is 13.9 Å². The molecule has 0 amide bonds. The Balaban J connectivity index is 0.000000544. The van der Waals surface area contributed by atoms with E-state index in [4.69, 9.17) is 20.2 Å². The van der Waals surface area contributed by atoms with Crippen molar-refractivity contribution in [2.24, 2.45) is 10.9 Å². The minimum Gasteiger partial charge on any atom is -0.389 e. The number of ether oxygens (including phenoxy) is 2. The van der Waals surface area contributed by atoms with Gasteiger partial charge in [0.1, 0.15) is 16.9 Å². The van der Waals surface area contributed by atoms with Crippen molar-refractivity contribution >= 4 is 58.6 Å². The summed E-state index contributed by atoms with van der Waals surface area (Å²) in [5.41, 5.74) is 11.0. The number of halogens is 1. The van der Waals surface area contributed by atoms with Gasteiger partial charge in [0.05, 0.1) is 35.4 Å². The third-order valence-corrected chi connectivity index (χ3v) is 9.66. The molecule has 244 valence electrons. The lowest BCUT2D eigenvalue weighted by molar-refractivity contribution is 0.134. The lowest BCUT2D eigenvalue weighted by Gasteiger charge is -2.17. The molecular weight excluding hydrogens is 604 g/mol. The number of nitrogens with two attached hydrogens (primary N) is 1. The summed E-state index contributed by atoms with van der Waals surface area (Å²) in [4.78, 5) is 11.7. The molecule has 3 aromatic rings. The lowest BCUT2D eigenvalue weighted by atomic mass is 9.93. The number of likely N-dealkylation sites (tertiary alicyclic amines) is 1. The molecule has 4 heterocycles. The number of fused-ring (bicyclic) bond motifs is 2. The third kappa shape index (κ3) is 8.10. The molecule has 2 aliphatic rings. The van der Waals surface area contributed by atoms with E-state index in [0.717, 1.165) is 74.9 Å². The molecule has 2 atom stereocenters. The van der Waals surface area contributed by atoms with Gasteiger partial charge in [0.2, 0.25) is 0 Å². The second-order valence-electron chi connectivity index (χ2n) is 11.5. The highest BCUT2D eigenvalue weighted by atomic mass is 32.1. The highest BCUT2D eigenvalue weighted by Gasteiger charge is 2.27. The van der Waals surface area contributed by atoms with E-state index in [2.05, 4.69) is 59.8 Å². The van der Waals surface area contributed by atoms with Gasteiger partial charge in [0.25, 0.3) is 0 Å². The van der Waals surface area contributed by atoms with Gasteiger partial charge in [-0.2, -0.15) is 5.26 Å². The monoisotopic (exact) mass is 653 g/mol. The normalized spacial score (nSPS) is 16.2. The fourth-order valence-electron chi connectivity index (χ4n) is 5.78. The van der Waals surface area contributed by atoms with Gasteiger partial charge >= 0.3 is 0 Å². The minimum absolute atomic E-state index is 0.267. The predicted molar refractivity (Wildman–Crippen MR) is 192 cm³/mol. The Morgan fingerprint density at radius 1 is 1.29 bits per heavy atom. The number of aliphatic imine (C=N–C) groups is 1. The first-order chi connectivity index (χ1) is 21.6. The van der Waals surface area contributed by atoms with E-state index in [1.165, 1.54) is 31.9 Å². The molecule has 2 N–H and O–H groups in total. The zero-order valence-corrected chi connectivity index (χ0v) is 30.1. The van der Waals surface area contributed by atoms with Crippen LogP contribution < -0.4 is 21.5 Å². The fraction of sp³-hybridized carbons (Fsp3) is 0.514. The van der Waals surface area contributed by atoms with E-state index in [1.807, 2.05) is 20.0 Å². The lowest BCUT2D eigenvalue weighted by Crippen LogP contribution is -2.41. The number of benzene rings is 1. The molecule has 0 aliphatic carbocycles. The second-order valence-corrected chi connectivity index (χ2v) is 13.1. The smallest absolute Gasteiger partial charge is 0.159 e. The van der Waals surface area contributed by atoms with Gasteiger partial charge in [-0.1, -0.05) is 46.1 Å². The molecule has 1 saturated heterocycles. The Morgan fingerprint density at radius 3 is 2.60 bits per heavy atom. The zero-order chi connectivity index (χ0) is 33.3. The Labute approximate surface area is 274 Å². The summed E-state index contributed by atoms with van der Waals surface area (Å²) in [5, 5.41) is 13.6. The van der Waals surface area contributed by atoms with Gasteiger partial charge in [-0.15, -0.1) is 20.6 Å². The van der Waals surface area contributed by atoms with Gasteiger partial charge in [-0.05, 0) is 61.2 Å². The maximum atomic E-state index is 14.7. The molecule has 10 heteroatoms. The molecule has 5 rings (SSSR count). The minimum atomic E-state index is -0.477. The molecule has 0 radical (unpaired) electrons. The maximum absolute atomic E-state index is 14.7. The fourth-order valence-corrected chi connectivity index (χ4v) is 7.46. The van der Waals surface area contributed by atoms with E-state index >= 15 is 0 Å². The van der Waals surface area contributed by atoms with Gasteiger partial charge in [-0.3, -0.25) is 4.98 Å². The van der Waals surface area contributed by atoms with Crippen LogP contribution in [0.5, 0.6) is 0 Å². The topological polar surface area (TPSA) is 96.8 Å². The van der Waals surface area contributed by atoms with Crippen LogP contribution in [-0.4, -0.2) is 42.5 Å². The second kappa shape index (κ2) is 17.1. The van der Waals surface area contributed by atoms with Crippen molar-refractivity contribution in [2.75, 3.05) is 32.5 Å². The standard InChI is InChI=1S/C27H29FN5OPS.C6H14O.C2H6/c1-13(2)21-17(8-31-15(4)33-6-5-14(3)10-33)18-11-34-12-19(18)22(25(21)35)24-23-16(7-29)27(30)36-26(23)20(28)9-32-24;1-3-4-5-6-7-2;1-2/h8-9,14H,5-6,10-12,30,35H2,1-4H3;3-6H2,1-2H3;1-2H3/b17-8-,31-15?;;. The number of hydrogen-bond acceptors (Lipinski definition) is 7. The van der Waals surface area contributed by atoms with E-state index in [9.17, 15) is 9.65 Å². The molecule has 0 saturated carbocycles. The summed E-state index contributed by atoms with van der Waals surface area (Å²) in [7, 11) is 4.61. The molecule has 0 spiro atoms. The van der Waals surface area contributed by atoms with E-state index < -0.39 is 5.82 Å². The van der Waals surface area contributed by atoms with Crippen molar-refractivity contribution in [3.8, 4) is 17.3 Å². The summed E-state index contributed by atoms with van der Waals surface area (Å²) in [6.07, 6.45) is 8.16. The number of anilines is 1. The molecule has 2 aliphatic heterocycles. The first kappa shape index (κ1) is 36.6. The molecule has 1 aromatic carbocycles. The van der Waals surface area contributed by atoms with E-state index in [0.29, 0.717) is 39.9 Å². The van der Waals surface area contributed by atoms with Gasteiger partial charge in [0, 0.05) is 49.2 Å². The van der Waals surface area contributed by atoms with Crippen molar-refractivity contribution in [3.63, 3.8) is 0 Å². The van der Waals surface area contributed by atoms with Crippen LogP contribution in [0.4, 0.5) is 9.39 Å². The van der Waals surface area contributed by atoms with E-state index in [-0.39, 0.29) is 5.56 Å². The molecular formula is C35H49FN5O2PS. The van der Waals surface area contributed by atoms with Crippen LogP contribution in [0.1, 0.15) is 90.8 Å². The largest absolute Gasteiger partial charge is 0.389 e. The average Bonchev–Trinajstić information content (AvgIpc) is 3.76. The summed E-state index contributed by atoms with van der Waals surface area (Å²) in [6.45, 7) is 18.5. The van der Waals surface area contributed by atoms with Crippen molar-refractivity contribution in [2.45, 2.75) is 87.4 Å². The van der Waals surface area contributed by atoms with Gasteiger partial charge in [0.15, 0.2) is 5.82 Å². The number of thiophene rings is 1. The van der Waals surface area contributed by atoms with Crippen LogP contribution in [-0.2, 0) is 22.7 Å². The Bertz CT molecular complexity index is 1690. The van der Waals surface area contributed by atoms with E-state index in [1.54, 1.807) is 7.11 Å². The van der Waals surface area contributed by atoms with Crippen LogP contribution in [0.3, 0.4) is 0 Å².